The number of amides is 1. The van der Waals surface area contributed by atoms with Gasteiger partial charge < -0.3 is 19.8 Å². The zero-order chi connectivity index (χ0) is 28.2. The minimum atomic E-state index is -0.392. The number of hydrogen-bond acceptors (Lipinski definition) is 9. The second-order valence-corrected chi connectivity index (χ2v) is 11.0. The molecule has 12 heteroatoms. The van der Waals surface area contributed by atoms with E-state index in [4.69, 9.17) is 25.4 Å². The van der Waals surface area contributed by atoms with Gasteiger partial charge in [0.1, 0.15) is 28.8 Å². The molecular weight excluding hydrogens is 530 g/mol. The van der Waals surface area contributed by atoms with Crippen LogP contribution in [0.4, 0.5) is 0 Å². The van der Waals surface area contributed by atoms with Crippen molar-refractivity contribution in [3.8, 4) is 6.07 Å². The van der Waals surface area contributed by atoms with Crippen molar-refractivity contribution in [1.82, 2.24) is 19.6 Å². The number of nitrogens with zero attached hydrogens (tertiary/aromatic N) is 5. The number of amidine groups is 1. The largest absolute Gasteiger partial charge is 0.472 e. The Balaban J connectivity index is 1.41. The molecule has 0 radical (unpaired) electrons. The summed E-state index contributed by atoms with van der Waals surface area (Å²) in [7, 11) is 0. The molecule has 2 saturated heterocycles. The number of likely N-dealkylation sites (tertiary alicyclic amines) is 1. The molecule has 3 aromatic rings. The number of benzene rings is 1. The monoisotopic (exact) mass is 561 g/mol. The fraction of sp³-hybridized carbons (Fsp3) is 0.393. The second-order valence-electron chi connectivity index (χ2n) is 10.1. The van der Waals surface area contributed by atoms with Gasteiger partial charge in [0.25, 0.3) is 5.91 Å². The number of thioether (sulfide) groups is 1. The van der Waals surface area contributed by atoms with Gasteiger partial charge >= 0.3 is 0 Å². The van der Waals surface area contributed by atoms with Crippen LogP contribution in [0.5, 0.6) is 0 Å². The molecule has 0 aliphatic carbocycles. The van der Waals surface area contributed by atoms with Crippen LogP contribution in [0, 0.1) is 22.7 Å². The fourth-order valence-electron chi connectivity index (χ4n) is 5.07. The van der Waals surface area contributed by atoms with Crippen LogP contribution in [0.2, 0.25) is 0 Å². The summed E-state index contributed by atoms with van der Waals surface area (Å²) in [4.78, 5) is 30.5. The summed E-state index contributed by atoms with van der Waals surface area (Å²) in [6, 6.07) is 11.1. The lowest BCUT2D eigenvalue weighted by Gasteiger charge is -2.28. The number of ether oxygens (including phenoxy) is 1. The third kappa shape index (κ3) is 5.82. The molecule has 2 fully saturated rings. The third-order valence-electron chi connectivity index (χ3n) is 7.36. The average molecular weight is 562 g/mol. The van der Waals surface area contributed by atoms with E-state index in [0.29, 0.717) is 66.0 Å². The molecule has 0 spiro atoms. The van der Waals surface area contributed by atoms with Crippen LogP contribution < -0.4 is 5.73 Å². The summed E-state index contributed by atoms with van der Waals surface area (Å²) in [5.74, 6) is -0.00579. The van der Waals surface area contributed by atoms with Gasteiger partial charge in [0.05, 0.1) is 37.3 Å². The summed E-state index contributed by atoms with van der Waals surface area (Å²) >= 11 is 1.34. The van der Waals surface area contributed by atoms with Gasteiger partial charge in [-0.2, -0.15) is 15.0 Å². The lowest BCUT2D eigenvalue weighted by molar-refractivity contribution is -0.132. The molecule has 2 aliphatic rings. The predicted molar refractivity (Wildman–Crippen MR) is 148 cm³/mol. The zero-order valence-corrected chi connectivity index (χ0v) is 23.0. The summed E-state index contributed by atoms with van der Waals surface area (Å²) in [5, 5.41) is 23.0. The highest BCUT2D eigenvalue weighted by Crippen LogP contribution is 2.38. The number of nitrogen functional groups attached to an aromatic ring is 1. The molecule has 40 heavy (non-hydrogen) atoms. The van der Waals surface area contributed by atoms with Gasteiger partial charge in [0.15, 0.2) is 0 Å². The zero-order valence-electron chi connectivity index (χ0n) is 22.2. The van der Waals surface area contributed by atoms with E-state index in [1.54, 1.807) is 18.2 Å². The van der Waals surface area contributed by atoms with Crippen molar-refractivity contribution >= 4 is 29.4 Å². The molecule has 2 aliphatic heterocycles. The summed E-state index contributed by atoms with van der Waals surface area (Å²) in [6.07, 6.45) is 2.78. The summed E-state index contributed by atoms with van der Waals surface area (Å²) in [5.41, 5.74) is 8.34. The number of nitrogens with one attached hydrogen (secondary N) is 1. The van der Waals surface area contributed by atoms with Crippen LogP contribution in [0.25, 0.3) is 0 Å². The highest BCUT2D eigenvalue weighted by Gasteiger charge is 2.38. The molecule has 4 heterocycles. The maximum atomic E-state index is 13.4. The quantitative estimate of drug-likeness (QED) is 0.240. The molecule has 1 amide bonds. The number of carbonyl (C=O) groups excluding carboxylic acids is 2. The van der Waals surface area contributed by atoms with E-state index in [1.165, 1.54) is 29.0 Å². The van der Waals surface area contributed by atoms with Crippen LogP contribution in [-0.4, -0.2) is 83.2 Å². The van der Waals surface area contributed by atoms with E-state index in [0.717, 1.165) is 18.7 Å². The number of rotatable bonds is 8. The number of aromatic nitrogens is 2. The van der Waals surface area contributed by atoms with E-state index in [9.17, 15) is 14.9 Å². The minimum Gasteiger partial charge on any atom is -0.472 e. The van der Waals surface area contributed by atoms with Gasteiger partial charge in [-0.1, -0.05) is 31.2 Å². The summed E-state index contributed by atoms with van der Waals surface area (Å²) < 4.78 is 11.8. The Bertz CT molecular complexity index is 1420. The number of morpholine rings is 1. The highest BCUT2D eigenvalue weighted by atomic mass is 32.2. The van der Waals surface area contributed by atoms with Gasteiger partial charge in [-0.3, -0.25) is 19.9 Å². The average Bonchev–Trinajstić information content (AvgIpc) is 3.71. The second kappa shape index (κ2) is 12.1. The Hall–Kier alpha value is -3.92. The van der Waals surface area contributed by atoms with Crippen LogP contribution in [0.15, 0.2) is 52.3 Å². The molecule has 2 atom stereocenters. The molecular formula is C28H31N7O4S. The maximum Gasteiger partial charge on any atom is 0.282 e. The van der Waals surface area contributed by atoms with Gasteiger partial charge in [0.2, 0.25) is 5.91 Å². The Morgan fingerprint density at radius 3 is 2.58 bits per heavy atom. The first-order chi connectivity index (χ1) is 19.4. The van der Waals surface area contributed by atoms with Crippen LogP contribution in [0.1, 0.15) is 45.6 Å². The number of furan rings is 1. The number of hydrogen-bond donors (Lipinski definition) is 2. The van der Waals surface area contributed by atoms with Crippen molar-refractivity contribution in [2.75, 3.05) is 45.9 Å². The number of nitrogens with two attached hydrogens (primary N) is 1. The minimum absolute atomic E-state index is 0.0115. The molecule has 208 valence electrons. The highest BCUT2D eigenvalue weighted by molar-refractivity contribution is 7.98. The predicted octanol–water partition coefficient (Wildman–Crippen LogP) is 2.51. The molecule has 0 bridgehead atoms. The van der Waals surface area contributed by atoms with E-state index in [-0.39, 0.29) is 23.6 Å². The van der Waals surface area contributed by atoms with E-state index < -0.39 is 5.91 Å². The number of nitriles is 1. The van der Waals surface area contributed by atoms with E-state index in [1.807, 2.05) is 24.0 Å². The molecule has 0 saturated carbocycles. The van der Waals surface area contributed by atoms with Gasteiger partial charge in [0, 0.05) is 43.4 Å². The Kier molecular flexibility index (Phi) is 8.35. The Morgan fingerprint density at radius 1 is 1.18 bits per heavy atom. The fourth-order valence-corrected chi connectivity index (χ4v) is 6.11. The SMILES string of the molecule is CC1CN(C(=O)CN2CCOCC2)CC1c1nn(C(=O)c2ccoc2)c(SCc2ccc(C(=N)N)cc2)c1C#N. The maximum absolute atomic E-state index is 13.4. The summed E-state index contributed by atoms with van der Waals surface area (Å²) in [6.45, 7) is 6.10. The number of carbonyl (C=O) groups is 2. The van der Waals surface area contributed by atoms with Crippen molar-refractivity contribution < 1.29 is 18.7 Å². The van der Waals surface area contributed by atoms with Gasteiger partial charge in [-0.15, -0.1) is 11.8 Å². The molecule has 11 nitrogen and oxygen atoms in total. The van der Waals surface area contributed by atoms with Crippen molar-refractivity contribution in [1.29, 1.82) is 10.7 Å². The first-order valence-electron chi connectivity index (χ1n) is 13.1. The lowest BCUT2D eigenvalue weighted by Crippen LogP contribution is -2.44. The molecule has 2 unspecified atom stereocenters. The molecule has 1 aromatic carbocycles. The Morgan fingerprint density at radius 2 is 1.93 bits per heavy atom. The normalized spacial score (nSPS) is 19.4. The van der Waals surface area contributed by atoms with Gasteiger partial charge in [-0.25, -0.2) is 0 Å². The van der Waals surface area contributed by atoms with E-state index >= 15 is 0 Å². The molecule has 2 aromatic heterocycles. The standard InChI is InChI=1S/C28H31N7O4S/c1-18-13-34(24(36)15-33-7-10-38-11-8-33)14-23(18)25-22(12-29)28(35(32-25)27(37)21-6-9-39-16-21)40-17-19-2-4-20(5-3-19)26(30)31/h2-6,9,16,18,23H,7-8,10-11,13-15,17H2,1H3,(H3,30,31). The third-order valence-corrected chi connectivity index (χ3v) is 8.49. The first kappa shape index (κ1) is 27.6. The van der Waals surface area contributed by atoms with Crippen molar-refractivity contribution in [3.05, 3.63) is 70.8 Å². The van der Waals surface area contributed by atoms with Crippen LogP contribution >= 0.6 is 11.8 Å². The topological polar surface area (TPSA) is 154 Å². The molecule has 3 N–H and O–H groups in total. The Labute approximate surface area is 236 Å². The van der Waals surface area contributed by atoms with Gasteiger partial charge in [-0.05, 0) is 17.5 Å². The van der Waals surface area contributed by atoms with Crippen LogP contribution in [-0.2, 0) is 15.3 Å². The smallest absolute Gasteiger partial charge is 0.282 e. The van der Waals surface area contributed by atoms with Crippen LogP contribution in [0.3, 0.4) is 0 Å². The van der Waals surface area contributed by atoms with Crippen molar-refractivity contribution in [2.45, 2.75) is 23.6 Å². The van der Waals surface area contributed by atoms with Crippen molar-refractivity contribution in [2.24, 2.45) is 11.7 Å². The first-order valence-corrected chi connectivity index (χ1v) is 14.1. The lowest BCUT2D eigenvalue weighted by atomic mass is 9.93. The van der Waals surface area contributed by atoms with E-state index in [2.05, 4.69) is 11.0 Å². The van der Waals surface area contributed by atoms with Crippen molar-refractivity contribution in [3.63, 3.8) is 0 Å². The molecule has 5 rings (SSSR count).